The molecule has 0 aromatic heterocycles. The molecule has 0 spiro atoms. The van der Waals surface area contributed by atoms with Crippen molar-refractivity contribution in [1.29, 1.82) is 0 Å². The van der Waals surface area contributed by atoms with E-state index >= 15 is 0 Å². The van der Waals surface area contributed by atoms with Crippen LogP contribution in [-0.2, 0) is 9.59 Å². The van der Waals surface area contributed by atoms with Gasteiger partial charge in [0.2, 0.25) is 5.91 Å². The van der Waals surface area contributed by atoms with Gasteiger partial charge in [-0.3, -0.25) is 9.59 Å². The summed E-state index contributed by atoms with van der Waals surface area (Å²) in [6, 6.07) is -0.510. The van der Waals surface area contributed by atoms with Gasteiger partial charge in [0, 0.05) is 20.5 Å². The van der Waals surface area contributed by atoms with Crippen molar-refractivity contribution in [3.63, 3.8) is 0 Å². The fraction of sp³-hybridized carbons (Fsp3) is 0.833. The number of aliphatic carboxylic acids is 1. The smallest absolute Gasteiger partial charge is 0.320 e. The van der Waals surface area contributed by atoms with E-state index < -0.39 is 12.0 Å². The molecule has 5 heteroatoms. The Morgan fingerprint density at radius 1 is 1.29 bits per heavy atom. The molecule has 1 amide bonds. The standard InChI is InChI=1S/C12H24N2O3/c1-9(2)8-10(12(16)17)13-7-5-6-11(15)14(3)4/h9-10,13H,5-8H2,1-4H3,(H,16,17). The summed E-state index contributed by atoms with van der Waals surface area (Å²) in [5.74, 6) is -0.410. The van der Waals surface area contributed by atoms with Gasteiger partial charge < -0.3 is 15.3 Å². The van der Waals surface area contributed by atoms with Gasteiger partial charge in [-0.15, -0.1) is 0 Å². The van der Waals surface area contributed by atoms with Gasteiger partial charge in [0.15, 0.2) is 0 Å². The van der Waals surface area contributed by atoms with Crippen LogP contribution in [0.15, 0.2) is 0 Å². The Balaban J connectivity index is 3.83. The zero-order valence-corrected chi connectivity index (χ0v) is 11.2. The number of carboxylic acid groups (broad SMARTS) is 1. The summed E-state index contributed by atoms with van der Waals surface area (Å²) in [7, 11) is 3.43. The molecular formula is C12H24N2O3. The maximum absolute atomic E-state index is 11.3. The highest BCUT2D eigenvalue weighted by atomic mass is 16.4. The van der Waals surface area contributed by atoms with Crippen molar-refractivity contribution in [3.8, 4) is 0 Å². The second kappa shape index (κ2) is 8.06. The fourth-order valence-electron chi connectivity index (χ4n) is 1.48. The second-order valence-electron chi connectivity index (χ2n) is 4.87. The molecule has 17 heavy (non-hydrogen) atoms. The molecule has 0 heterocycles. The SMILES string of the molecule is CC(C)CC(NCCCC(=O)N(C)C)C(=O)O. The molecule has 0 aromatic rings. The van der Waals surface area contributed by atoms with Crippen molar-refractivity contribution in [3.05, 3.63) is 0 Å². The van der Waals surface area contributed by atoms with Gasteiger partial charge in [-0.05, 0) is 25.3 Å². The van der Waals surface area contributed by atoms with Gasteiger partial charge >= 0.3 is 5.97 Å². The van der Waals surface area contributed by atoms with E-state index in [-0.39, 0.29) is 5.91 Å². The average Bonchev–Trinajstić information content (AvgIpc) is 2.21. The van der Waals surface area contributed by atoms with Gasteiger partial charge in [-0.1, -0.05) is 13.8 Å². The van der Waals surface area contributed by atoms with E-state index in [4.69, 9.17) is 5.11 Å². The van der Waals surface area contributed by atoms with Crippen LogP contribution in [0.4, 0.5) is 0 Å². The first-order valence-electron chi connectivity index (χ1n) is 6.01. The summed E-state index contributed by atoms with van der Waals surface area (Å²) in [6.07, 6.45) is 1.73. The lowest BCUT2D eigenvalue weighted by Crippen LogP contribution is -2.38. The molecule has 0 aliphatic carbocycles. The summed E-state index contributed by atoms with van der Waals surface area (Å²) in [5.41, 5.74) is 0. The van der Waals surface area contributed by atoms with Crippen molar-refractivity contribution in [2.45, 2.75) is 39.2 Å². The molecule has 100 valence electrons. The van der Waals surface area contributed by atoms with Gasteiger partial charge in [0.25, 0.3) is 0 Å². The van der Waals surface area contributed by atoms with Crippen molar-refractivity contribution in [1.82, 2.24) is 10.2 Å². The van der Waals surface area contributed by atoms with Crippen LogP contribution >= 0.6 is 0 Å². The van der Waals surface area contributed by atoms with E-state index in [2.05, 4.69) is 5.32 Å². The molecule has 0 bridgehead atoms. The van der Waals surface area contributed by atoms with Crippen LogP contribution in [0.3, 0.4) is 0 Å². The number of rotatable bonds is 8. The van der Waals surface area contributed by atoms with E-state index in [1.807, 2.05) is 13.8 Å². The number of hydrogen-bond acceptors (Lipinski definition) is 3. The lowest BCUT2D eigenvalue weighted by atomic mass is 10.0. The summed E-state index contributed by atoms with van der Waals surface area (Å²) in [5, 5.41) is 12.0. The van der Waals surface area contributed by atoms with Gasteiger partial charge in [-0.2, -0.15) is 0 Å². The van der Waals surface area contributed by atoms with Crippen molar-refractivity contribution < 1.29 is 14.7 Å². The first kappa shape index (κ1) is 15.9. The van der Waals surface area contributed by atoms with E-state index in [1.54, 1.807) is 19.0 Å². The monoisotopic (exact) mass is 244 g/mol. The summed E-state index contributed by atoms with van der Waals surface area (Å²) < 4.78 is 0. The van der Waals surface area contributed by atoms with Crippen LogP contribution in [0, 0.1) is 5.92 Å². The summed E-state index contributed by atoms with van der Waals surface area (Å²) in [4.78, 5) is 23.8. The molecule has 0 saturated carbocycles. The molecule has 1 unspecified atom stereocenters. The molecular weight excluding hydrogens is 220 g/mol. The lowest BCUT2D eigenvalue weighted by molar-refractivity contribution is -0.139. The third kappa shape index (κ3) is 7.74. The quantitative estimate of drug-likeness (QED) is 0.624. The highest BCUT2D eigenvalue weighted by Crippen LogP contribution is 2.05. The number of nitrogens with one attached hydrogen (secondary N) is 1. The Hall–Kier alpha value is -1.10. The number of amides is 1. The Bertz CT molecular complexity index is 252. The highest BCUT2D eigenvalue weighted by molar-refractivity contribution is 5.75. The molecule has 0 fully saturated rings. The topological polar surface area (TPSA) is 69.6 Å². The third-order valence-corrected chi connectivity index (χ3v) is 2.46. The van der Waals surface area contributed by atoms with Gasteiger partial charge in [-0.25, -0.2) is 0 Å². The normalized spacial score (nSPS) is 12.5. The minimum absolute atomic E-state index is 0.0718. The molecule has 0 radical (unpaired) electrons. The highest BCUT2D eigenvalue weighted by Gasteiger charge is 2.17. The summed E-state index contributed by atoms with van der Waals surface area (Å²) in [6.45, 7) is 4.55. The summed E-state index contributed by atoms with van der Waals surface area (Å²) >= 11 is 0. The average molecular weight is 244 g/mol. The molecule has 0 aliphatic heterocycles. The third-order valence-electron chi connectivity index (χ3n) is 2.46. The van der Waals surface area contributed by atoms with Crippen LogP contribution in [0.5, 0.6) is 0 Å². The van der Waals surface area contributed by atoms with E-state index in [0.29, 0.717) is 31.7 Å². The van der Waals surface area contributed by atoms with E-state index in [0.717, 1.165) is 0 Å². The molecule has 0 aromatic carbocycles. The number of carbonyl (C=O) groups excluding carboxylic acids is 1. The first-order chi connectivity index (χ1) is 7.84. The molecule has 2 N–H and O–H groups in total. The van der Waals surface area contributed by atoms with Crippen molar-refractivity contribution >= 4 is 11.9 Å². The second-order valence-corrected chi connectivity index (χ2v) is 4.87. The Kier molecular flexibility index (Phi) is 7.54. The van der Waals surface area contributed by atoms with Crippen LogP contribution < -0.4 is 5.32 Å². The Labute approximate surface area is 103 Å². The number of nitrogens with zero attached hydrogens (tertiary/aromatic N) is 1. The predicted molar refractivity (Wildman–Crippen MR) is 66.8 cm³/mol. The molecule has 0 rings (SSSR count). The number of carboxylic acids is 1. The van der Waals surface area contributed by atoms with Gasteiger partial charge in [0.1, 0.15) is 6.04 Å². The van der Waals surface area contributed by atoms with Crippen LogP contribution in [0.2, 0.25) is 0 Å². The molecule has 0 aliphatic rings. The minimum atomic E-state index is -0.822. The van der Waals surface area contributed by atoms with Crippen LogP contribution in [0.25, 0.3) is 0 Å². The maximum atomic E-state index is 11.3. The van der Waals surface area contributed by atoms with Crippen molar-refractivity contribution in [2.24, 2.45) is 5.92 Å². The Morgan fingerprint density at radius 3 is 2.29 bits per heavy atom. The first-order valence-corrected chi connectivity index (χ1v) is 6.01. The maximum Gasteiger partial charge on any atom is 0.320 e. The Morgan fingerprint density at radius 2 is 1.88 bits per heavy atom. The van der Waals surface area contributed by atoms with Crippen LogP contribution in [0.1, 0.15) is 33.1 Å². The van der Waals surface area contributed by atoms with Crippen molar-refractivity contribution in [2.75, 3.05) is 20.6 Å². The zero-order chi connectivity index (χ0) is 13.4. The molecule has 5 nitrogen and oxygen atoms in total. The van der Waals surface area contributed by atoms with E-state index in [1.165, 1.54) is 0 Å². The number of hydrogen-bond donors (Lipinski definition) is 2. The lowest BCUT2D eigenvalue weighted by Gasteiger charge is -2.16. The minimum Gasteiger partial charge on any atom is -0.480 e. The van der Waals surface area contributed by atoms with E-state index in [9.17, 15) is 9.59 Å². The number of carbonyl (C=O) groups is 2. The van der Waals surface area contributed by atoms with Gasteiger partial charge in [0.05, 0.1) is 0 Å². The fourth-order valence-corrected chi connectivity index (χ4v) is 1.48. The largest absolute Gasteiger partial charge is 0.480 e. The zero-order valence-electron chi connectivity index (χ0n) is 11.2. The predicted octanol–water partition coefficient (Wildman–Crippen LogP) is 0.944. The molecule has 1 atom stereocenters. The molecule has 0 saturated heterocycles. The van der Waals surface area contributed by atoms with Crippen LogP contribution in [-0.4, -0.2) is 48.6 Å².